The Hall–Kier alpha value is -1.36. The highest BCUT2D eigenvalue weighted by Crippen LogP contribution is 2.22. The van der Waals surface area contributed by atoms with E-state index in [4.69, 9.17) is 4.74 Å². The molecule has 0 amide bonds. The molecule has 0 spiro atoms. The molecule has 0 bridgehead atoms. The SMILES string of the molecule is CCn1ccnc1COc1ccc(F)c(Br)c1. The minimum atomic E-state index is -0.299. The van der Waals surface area contributed by atoms with Crippen molar-refractivity contribution in [3.05, 3.63) is 46.7 Å². The number of nitrogens with zero attached hydrogens (tertiary/aromatic N) is 2. The molecule has 1 heterocycles. The van der Waals surface area contributed by atoms with Crippen molar-refractivity contribution in [2.75, 3.05) is 0 Å². The Morgan fingerprint density at radius 2 is 2.29 bits per heavy atom. The van der Waals surface area contributed by atoms with Gasteiger partial charge in [-0.2, -0.15) is 0 Å². The number of hydrogen-bond donors (Lipinski definition) is 0. The Morgan fingerprint density at radius 1 is 1.47 bits per heavy atom. The van der Waals surface area contributed by atoms with E-state index < -0.39 is 0 Å². The number of rotatable bonds is 4. The monoisotopic (exact) mass is 298 g/mol. The molecule has 0 fully saturated rings. The minimum Gasteiger partial charge on any atom is -0.486 e. The van der Waals surface area contributed by atoms with E-state index in [-0.39, 0.29) is 5.82 Å². The average molecular weight is 299 g/mol. The highest BCUT2D eigenvalue weighted by Gasteiger charge is 2.04. The van der Waals surface area contributed by atoms with Gasteiger partial charge in [0, 0.05) is 18.9 Å². The van der Waals surface area contributed by atoms with Crippen LogP contribution in [0.2, 0.25) is 0 Å². The predicted molar refractivity (Wildman–Crippen MR) is 66.3 cm³/mol. The Kier molecular flexibility index (Phi) is 3.78. The molecule has 0 aliphatic heterocycles. The fourth-order valence-corrected chi connectivity index (χ4v) is 1.84. The van der Waals surface area contributed by atoms with Gasteiger partial charge in [0.25, 0.3) is 0 Å². The van der Waals surface area contributed by atoms with E-state index in [2.05, 4.69) is 20.9 Å². The van der Waals surface area contributed by atoms with Crippen LogP contribution in [0.5, 0.6) is 5.75 Å². The van der Waals surface area contributed by atoms with Crippen LogP contribution in [-0.2, 0) is 13.2 Å². The van der Waals surface area contributed by atoms with Crippen molar-refractivity contribution >= 4 is 15.9 Å². The summed E-state index contributed by atoms with van der Waals surface area (Å²) in [5, 5.41) is 0. The first-order valence-electron chi connectivity index (χ1n) is 5.28. The van der Waals surface area contributed by atoms with Crippen molar-refractivity contribution in [3.8, 4) is 5.75 Å². The molecule has 17 heavy (non-hydrogen) atoms. The second-order valence-corrected chi connectivity index (χ2v) is 4.35. The molecular weight excluding hydrogens is 287 g/mol. The highest BCUT2D eigenvalue weighted by molar-refractivity contribution is 9.10. The van der Waals surface area contributed by atoms with Gasteiger partial charge >= 0.3 is 0 Å². The maximum atomic E-state index is 13.0. The molecule has 0 aliphatic carbocycles. The maximum Gasteiger partial charge on any atom is 0.146 e. The lowest BCUT2D eigenvalue weighted by atomic mass is 10.3. The van der Waals surface area contributed by atoms with Gasteiger partial charge in [-0.15, -0.1) is 0 Å². The number of hydrogen-bond acceptors (Lipinski definition) is 2. The van der Waals surface area contributed by atoms with Crippen LogP contribution in [0.1, 0.15) is 12.7 Å². The summed E-state index contributed by atoms with van der Waals surface area (Å²) in [7, 11) is 0. The molecule has 90 valence electrons. The topological polar surface area (TPSA) is 27.1 Å². The average Bonchev–Trinajstić information content (AvgIpc) is 2.78. The number of imidazole rings is 1. The van der Waals surface area contributed by atoms with Gasteiger partial charge in [0.2, 0.25) is 0 Å². The number of halogens is 2. The summed E-state index contributed by atoms with van der Waals surface area (Å²) < 4.78 is 21.0. The van der Waals surface area contributed by atoms with E-state index in [0.717, 1.165) is 12.4 Å². The van der Waals surface area contributed by atoms with Crippen LogP contribution in [0, 0.1) is 5.82 Å². The summed E-state index contributed by atoms with van der Waals surface area (Å²) in [5.41, 5.74) is 0. The normalized spacial score (nSPS) is 10.5. The summed E-state index contributed by atoms with van der Waals surface area (Å²) in [4.78, 5) is 4.19. The minimum absolute atomic E-state index is 0.299. The van der Waals surface area contributed by atoms with Gasteiger partial charge in [-0.25, -0.2) is 9.37 Å². The van der Waals surface area contributed by atoms with Crippen LogP contribution in [0.25, 0.3) is 0 Å². The molecule has 0 unspecified atom stereocenters. The van der Waals surface area contributed by atoms with Crippen LogP contribution >= 0.6 is 15.9 Å². The predicted octanol–water partition coefficient (Wildman–Crippen LogP) is 3.38. The van der Waals surface area contributed by atoms with E-state index >= 15 is 0 Å². The second-order valence-electron chi connectivity index (χ2n) is 3.49. The van der Waals surface area contributed by atoms with E-state index in [1.807, 2.05) is 17.7 Å². The Balaban J connectivity index is 2.05. The first-order chi connectivity index (χ1) is 8.20. The largest absolute Gasteiger partial charge is 0.486 e. The number of aryl methyl sites for hydroxylation is 1. The Bertz CT molecular complexity index is 513. The van der Waals surface area contributed by atoms with Crippen LogP contribution in [0.4, 0.5) is 4.39 Å². The summed E-state index contributed by atoms with van der Waals surface area (Å²) >= 11 is 3.12. The fraction of sp³-hybridized carbons (Fsp3) is 0.250. The summed E-state index contributed by atoms with van der Waals surface area (Å²) in [6.45, 7) is 3.27. The van der Waals surface area contributed by atoms with E-state index in [9.17, 15) is 4.39 Å². The zero-order valence-electron chi connectivity index (χ0n) is 9.36. The standard InChI is InChI=1S/C12H12BrFN2O/c1-2-16-6-5-15-12(16)8-17-9-3-4-11(14)10(13)7-9/h3-7H,2,8H2,1H3. The first-order valence-corrected chi connectivity index (χ1v) is 6.08. The van der Waals surface area contributed by atoms with Gasteiger partial charge in [0.15, 0.2) is 0 Å². The number of aromatic nitrogens is 2. The van der Waals surface area contributed by atoms with Crippen LogP contribution in [-0.4, -0.2) is 9.55 Å². The molecule has 3 nitrogen and oxygen atoms in total. The lowest BCUT2D eigenvalue weighted by molar-refractivity contribution is 0.289. The third-order valence-electron chi connectivity index (χ3n) is 2.40. The quantitative estimate of drug-likeness (QED) is 0.865. The summed E-state index contributed by atoms with van der Waals surface area (Å²) in [6, 6.07) is 4.57. The number of ether oxygens (including phenoxy) is 1. The van der Waals surface area contributed by atoms with E-state index in [0.29, 0.717) is 16.8 Å². The van der Waals surface area contributed by atoms with Crippen LogP contribution in [0.3, 0.4) is 0 Å². The van der Waals surface area contributed by atoms with E-state index in [1.165, 1.54) is 6.07 Å². The van der Waals surface area contributed by atoms with Crippen LogP contribution < -0.4 is 4.74 Å². The van der Waals surface area contributed by atoms with Crippen molar-refractivity contribution in [1.29, 1.82) is 0 Å². The van der Waals surface area contributed by atoms with Gasteiger partial charge in [0.05, 0.1) is 4.47 Å². The van der Waals surface area contributed by atoms with Crippen molar-refractivity contribution in [1.82, 2.24) is 9.55 Å². The maximum absolute atomic E-state index is 13.0. The molecule has 0 atom stereocenters. The molecule has 1 aromatic heterocycles. The number of benzene rings is 1. The zero-order valence-corrected chi connectivity index (χ0v) is 10.9. The van der Waals surface area contributed by atoms with Crippen molar-refractivity contribution in [2.24, 2.45) is 0 Å². The van der Waals surface area contributed by atoms with Gasteiger partial charge in [-0.1, -0.05) is 0 Å². The van der Waals surface area contributed by atoms with Crippen molar-refractivity contribution in [2.45, 2.75) is 20.1 Å². The van der Waals surface area contributed by atoms with Crippen LogP contribution in [0.15, 0.2) is 35.1 Å². The molecule has 0 saturated carbocycles. The summed E-state index contributed by atoms with van der Waals surface area (Å²) in [6.07, 6.45) is 3.64. The van der Waals surface area contributed by atoms with Gasteiger partial charge in [-0.3, -0.25) is 0 Å². The van der Waals surface area contributed by atoms with Crippen molar-refractivity contribution < 1.29 is 9.13 Å². The molecule has 1 aromatic carbocycles. The Labute approximate surface area is 107 Å². The third kappa shape index (κ3) is 2.85. The molecule has 2 rings (SSSR count). The molecule has 0 aliphatic rings. The molecular formula is C12H12BrFN2O. The molecule has 0 radical (unpaired) electrons. The highest BCUT2D eigenvalue weighted by atomic mass is 79.9. The van der Waals surface area contributed by atoms with Gasteiger partial charge in [0.1, 0.15) is 24.0 Å². The third-order valence-corrected chi connectivity index (χ3v) is 3.01. The summed E-state index contributed by atoms with van der Waals surface area (Å²) in [5.74, 6) is 1.17. The first kappa shape index (κ1) is 12.1. The molecule has 0 N–H and O–H groups in total. The van der Waals surface area contributed by atoms with Crippen molar-refractivity contribution in [3.63, 3.8) is 0 Å². The lowest BCUT2D eigenvalue weighted by Gasteiger charge is -2.08. The smallest absolute Gasteiger partial charge is 0.146 e. The second kappa shape index (κ2) is 5.31. The lowest BCUT2D eigenvalue weighted by Crippen LogP contribution is -2.05. The molecule has 2 aromatic rings. The fourth-order valence-electron chi connectivity index (χ4n) is 1.48. The van der Waals surface area contributed by atoms with Gasteiger partial charge < -0.3 is 9.30 Å². The Morgan fingerprint density at radius 3 is 3.00 bits per heavy atom. The zero-order chi connectivity index (χ0) is 12.3. The van der Waals surface area contributed by atoms with E-state index in [1.54, 1.807) is 18.3 Å². The molecule has 0 saturated heterocycles. The molecule has 5 heteroatoms. The van der Waals surface area contributed by atoms with Gasteiger partial charge in [-0.05, 0) is 41.1 Å².